The molecule has 2 N–H and O–H groups in total. The number of hydrazine groups is 1. The molecule has 0 bridgehead atoms. The monoisotopic (exact) mass is 446 g/mol. The minimum Gasteiger partial charge on any atom is -0.492 e. The molecule has 28 heavy (non-hydrogen) atoms. The van der Waals surface area contributed by atoms with Gasteiger partial charge in [-0.3, -0.25) is 20.4 Å². The predicted octanol–water partition coefficient (Wildman–Crippen LogP) is 4.86. The molecule has 5 nitrogen and oxygen atoms in total. The van der Waals surface area contributed by atoms with Crippen molar-refractivity contribution < 1.29 is 14.3 Å². The second kappa shape index (κ2) is 9.24. The van der Waals surface area contributed by atoms with Gasteiger partial charge in [-0.1, -0.05) is 46.8 Å². The number of amides is 2. The Labute approximate surface area is 175 Å². The van der Waals surface area contributed by atoms with Gasteiger partial charge in [0.1, 0.15) is 5.75 Å². The summed E-state index contributed by atoms with van der Waals surface area (Å²) in [7, 11) is 0. The molecule has 0 radical (unpaired) electrons. The van der Waals surface area contributed by atoms with E-state index in [9.17, 15) is 9.59 Å². The standard InChI is InChI=1S/C22H27BrN2O3/c1-14(2)13-28-19-11-8-16(12-18(19)23)21(27)25-24-20(26)15-6-9-17(10-7-15)22(3,4)5/h6-12,14H,13H2,1-5H3,(H,24,26)(H,25,27). The van der Waals surface area contributed by atoms with Gasteiger partial charge >= 0.3 is 0 Å². The van der Waals surface area contributed by atoms with E-state index in [1.165, 1.54) is 0 Å². The van der Waals surface area contributed by atoms with Gasteiger partial charge in [0.2, 0.25) is 0 Å². The molecule has 0 spiro atoms. The summed E-state index contributed by atoms with van der Waals surface area (Å²) in [5.41, 5.74) is 6.92. The van der Waals surface area contributed by atoms with Crippen LogP contribution in [0.5, 0.6) is 5.75 Å². The van der Waals surface area contributed by atoms with Gasteiger partial charge in [0.05, 0.1) is 11.1 Å². The summed E-state index contributed by atoms with van der Waals surface area (Å²) in [6.07, 6.45) is 0. The third-order valence-electron chi connectivity index (χ3n) is 4.07. The van der Waals surface area contributed by atoms with Crippen LogP contribution in [-0.2, 0) is 5.41 Å². The van der Waals surface area contributed by atoms with Crippen molar-refractivity contribution in [3.63, 3.8) is 0 Å². The van der Waals surface area contributed by atoms with Crippen molar-refractivity contribution in [2.75, 3.05) is 6.61 Å². The Balaban J connectivity index is 1.96. The molecule has 2 aromatic carbocycles. The second-order valence-electron chi connectivity index (χ2n) is 8.09. The SMILES string of the molecule is CC(C)COc1ccc(C(=O)NNC(=O)c2ccc(C(C)(C)C)cc2)cc1Br. The van der Waals surface area contributed by atoms with Crippen LogP contribution >= 0.6 is 15.9 Å². The van der Waals surface area contributed by atoms with E-state index >= 15 is 0 Å². The van der Waals surface area contributed by atoms with E-state index in [0.29, 0.717) is 33.9 Å². The third-order valence-corrected chi connectivity index (χ3v) is 4.69. The maximum atomic E-state index is 12.3. The van der Waals surface area contributed by atoms with Gasteiger partial charge in [-0.25, -0.2) is 0 Å². The van der Waals surface area contributed by atoms with Gasteiger partial charge in [0.25, 0.3) is 11.8 Å². The Morgan fingerprint density at radius 2 is 1.50 bits per heavy atom. The van der Waals surface area contributed by atoms with Crippen LogP contribution in [0.3, 0.4) is 0 Å². The Hall–Kier alpha value is -2.34. The fraction of sp³-hybridized carbons (Fsp3) is 0.364. The number of carbonyl (C=O) groups is 2. The van der Waals surface area contributed by atoms with E-state index in [4.69, 9.17) is 4.74 Å². The molecule has 0 aliphatic carbocycles. The van der Waals surface area contributed by atoms with E-state index in [1.807, 2.05) is 12.1 Å². The highest BCUT2D eigenvalue weighted by molar-refractivity contribution is 9.10. The van der Waals surface area contributed by atoms with Crippen LogP contribution in [0.25, 0.3) is 0 Å². The molecule has 0 aromatic heterocycles. The van der Waals surface area contributed by atoms with Crippen molar-refractivity contribution in [2.24, 2.45) is 5.92 Å². The fourth-order valence-electron chi connectivity index (χ4n) is 2.40. The van der Waals surface area contributed by atoms with Gasteiger partial charge in [0, 0.05) is 11.1 Å². The molecule has 0 saturated carbocycles. The zero-order valence-electron chi connectivity index (χ0n) is 16.9. The van der Waals surface area contributed by atoms with Crippen LogP contribution < -0.4 is 15.6 Å². The van der Waals surface area contributed by atoms with Crippen molar-refractivity contribution in [1.29, 1.82) is 0 Å². The van der Waals surface area contributed by atoms with Crippen LogP contribution in [0.2, 0.25) is 0 Å². The first kappa shape index (κ1) is 22.0. The molecule has 150 valence electrons. The number of halogens is 1. The lowest BCUT2D eigenvalue weighted by Gasteiger charge is -2.19. The first-order valence-corrected chi connectivity index (χ1v) is 10.0. The smallest absolute Gasteiger partial charge is 0.269 e. The minimum atomic E-state index is -0.407. The second-order valence-corrected chi connectivity index (χ2v) is 8.94. The lowest BCUT2D eigenvalue weighted by atomic mass is 9.87. The highest BCUT2D eigenvalue weighted by Crippen LogP contribution is 2.26. The Morgan fingerprint density at radius 3 is 2.00 bits per heavy atom. The normalized spacial score (nSPS) is 11.2. The Bertz CT molecular complexity index is 840. The van der Waals surface area contributed by atoms with E-state index < -0.39 is 5.91 Å². The molecule has 0 atom stereocenters. The van der Waals surface area contributed by atoms with E-state index in [1.54, 1.807) is 30.3 Å². The topological polar surface area (TPSA) is 67.4 Å². The van der Waals surface area contributed by atoms with Gasteiger partial charge < -0.3 is 4.74 Å². The molecular weight excluding hydrogens is 420 g/mol. The van der Waals surface area contributed by atoms with Crippen molar-refractivity contribution in [3.05, 3.63) is 63.6 Å². The highest BCUT2D eigenvalue weighted by Gasteiger charge is 2.15. The van der Waals surface area contributed by atoms with Gasteiger partial charge in [-0.05, 0) is 63.2 Å². The van der Waals surface area contributed by atoms with E-state index in [-0.39, 0.29) is 11.3 Å². The number of benzene rings is 2. The zero-order valence-corrected chi connectivity index (χ0v) is 18.5. The molecule has 2 rings (SSSR count). The van der Waals surface area contributed by atoms with Crippen LogP contribution in [0.1, 0.15) is 60.9 Å². The summed E-state index contributed by atoms with van der Waals surface area (Å²) in [4.78, 5) is 24.6. The maximum Gasteiger partial charge on any atom is 0.269 e. The summed E-state index contributed by atoms with van der Waals surface area (Å²) >= 11 is 3.41. The summed E-state index contributed by atoms with van der Waals surface area (Å²) < 4.78 is 6.36. The number of carbonyl (C=O) groups excluding carboxylic acids is 2. The first-order valence-electron chi connectivity index (χ1n) is 9.21. The largest absolute Gasteiger partial charge is 0.492 e. The van der Waals surface area contributed by atoms with Crippen LogP contribution in [0, 0.1) is 5.92 Å². The molecule has 6 heteroatoms. The molecule has 0 fully saturated rings. The minimum absolute atomic E-state index is 0.0155. The molecule has 0 aliphatic rings. The molecule has 0 aliphatic heterocycles. The molecule has 2 amide bonds. The summed E-state index contributed by atoms with van der Waals surface area (Å²) in [6, 6.07) is 12.4. The average Bonchev–Trinajstić information content (AvgIpc) is 2.64. The van der Waals surface area contributed by atoms with Gasteiger partial charge in [0.15, 0.2) is 0 Å². The van der Waals surface area contributed by atoms with Crippen LogP contribution in [0.4, 0.5) is 0 Å². The number of nitrogens with one attached hydrogen (secondary N) is 2. The van der Waals surface area contributed by atoms with Crippen molar-refractivity contribution in [2.45, 2.75) is 40.0 Å². The third kappa shape index (κ3) is 6.09. The summed E-state index contributed by atoms with van der Waals surface area (Å²) in [5.74, 6) is 0.302. The van der Waals surface area contributed by atoms with Crippen molar-refractivity contribution in [3.8, 4) is 5.75 Å². The summed E-state index contributed by atoms with van der Waals surface area (Å²) in [5, 5.41) is 0. The van der Waals surface area contributed by atoms with Crippen molar-refractivity contribution in [1.82, 2.24) is 10.9 Å². The lowest BCUT2D eigenvalue weighted by molar-refractivity contribution is 0.0846. The molecule has 0 unspecified atom stereocenters. The fourth-order valence-corrected chi connectivity index (χ4v) is 2.89. The molecule has 0 heterocycles. The molecule has 0 saturated heterocycles. The number of ether oxygens (including phenoxy) is 1. The lowest BCUT2D eigenvalue weighted by Crippen LogP contribution is -2.41. The summed E-state index contributed by atoms with van der Waals surface area (Å²) in [6.45, 7) is 11.1. The van der Waals surface area contributed by atoms with E-state index in [2.05, 4.69) is 61.4 Å². The quantitative estimate of drug-likeness (QED) is 0.644. The van der Waals surface area contributed by atoms with Gasteiger partial charge in [-0.15, -0.1) is 0 Å². The first-order chi connectivity index (χ1) is 13.1. The molecule has 2 aromatic rings. The Morgan fingerprint density at radius 1 is 0.964 bits per heavy atom. The number of hydrogen-bond acceptors (Lipinski definition) is 3. The molecular formula is C22H27BrN2O3. The zero-order chi connectivity index (χ0) is 20.9. The Kier molecular flexibility index (Phi) is 7.24. The maximum absolute atomic E-state index is 12.3. The number of rotatable bonds is 5. The van der Waals surface area contributed by atoms with Crippen LogP contribution in [-0.4, -0.2) is 18.4 Å². The predicted molar refractivity (Wildman–Crippen MR) is 115 cm³/mol. The average molecular weight is 447 g/mol. The number of hydrogen-bond donors (Lipinski definition) is 2. The van der Waals surface area contributed by atoms with Gasteiger partial charge in [-0.2, -0.15) is 0 Å². The van der Waals surface area contributed by atoms with Crippen LogP contribution in [0.15, 0.2) is 46.9 Å². The van der Waals surface area contributed by atoms with E-state index in [0.717, 1.165) is 5.56 Å². The van der Waals surface area contributed by atoms with Crippen molar-refractivity contribution >= 4 is 27.7 Å². The highest BCUT2D eigenvalue weighted by atomic mass is 79.9.